The highest BCUT2D eigenvalue weighted by molar-refractivity contribution is 5.83. The van der Waals surface area contributed by atoms with Crippen LogP contribution in [-0.4, -0.2) is 29.3 Å². The number of carbonyl (C=O) groups is 3. The second-order valence-electron chi connectivity index (χ2n) is 3.89. The molecule has 0 aliphatic rings. The van der Waals surface area contributed by atoms with Crippen molar-refractivity contribution in [3.05, 3.63) is 0 Å². The molecule has 0 spiro atoms. The molecule has 0 saturated carbocycles. The number of carboxylic acid groups (broad SMARTS) is 1. The molecule has 0 aliphatic carbocycles. The highest BCUT2D eigenvalue weighted by Crippen LogP contribution is 2.07. The van der Waals surface area contributed by atoms with E-state index in [2.05, 4.69) is 5.32 Å². The molecule has 0 aromatic heterocycles. The Morgan fingerprint density at radius 2 is 2.06 bits per heavy atom. The fourth-order valence-corrected chi connectivity index (χ4v) is 1.29. The average molecular weight is 229 g/mol. The van der Waals surface area contributed by atoms with Crippen LogP contribution in [0.15, 0.2) is 0 Å². The number of amides is 1. The Morgan fingerprint density at radius 3 is 2.50 bits per heavy atom. The van der Waals surface area contributed by atoms with E-state index < -0.39 is 12.0 Å². The highest BCUT2D eigenvalue weighted by atomic mass is 16.4. The van der Waals surface area contributed by atoms with Gasteiger partial charge in [-0.15, -0.1) is 0 Å². The summed E-state index contributed by atoms with van der Waals surface area (Å²) in [4.78, 5) is 32.5. The fraction of sp³-hybridized carbons (Fsp3) is 0.727. The van der Waals surface area contributed by atoms with Crippen molar-refractivity contribution in [3.8, 4) is 0 Å². The fourth-order valence-electron chi connectivity index (χ4n) is 1.29. The van der Waals surface area contributed by atoms with Gasteiger partial charge in [0.1, 0.15) is 6.29 Å². The summed E-state index contributed by atoms with van der Waals surface area (Å²) in [5, 5.41) is 10.9. The lowest BCUT2D eigenvalue weighted by atomic mass is 10.0. The van der Waals surface area contributed by atoms with Gasteiger partial charge in [0.15, 0.2) is 0 Å². The van der Waals surface area contributed by atoms with Crippen LogP contribution >= 0.6 is 0 Å². The van der Waals surface area contributed by atoms with Gasteiger partial charge < -0.3 is 15.2 Å². The number of aliphatic carboxylic acids is 1. The number of hydrogen-bond donors (Lipinski definition) is 2. The third-order valence-electron chi connectivity index (χ3n) is 2.32. The standard InChI is InChI=1S/C11H19NO4/c1-3-4-5-8(2)11(16)12-9(7-13)6-10(14)15/h7-9H,3-6H2,1-2H3,(H,12,16)(H,14,15)/t8?,9-/m0/s1. The maximum absolute atomic E-state index is 11.5. The normalized spacial score (nSPS) is 13.9. The SMILES string of the molecule is CCCCC(C)C(=O)N[C@H](C=O)CC(=O)O. The third kappa shape index (κ3) is 6.16. The summed E-state index contributed by atoms with van der Waals surface area (Å²) in [6.07, 6.45) is 2.79. The van der Waals surface area contributed by atoms with Gasteiger partial charge in [-0.05, 0) is 6.42 Å². The first-order chi connectivity index (χ1) is 7.51. The Kier molecular flexibility index (Phi) is 7.16. The first kappa shape index (κ1) is 14.6. The van der Waals surface area contributed by atoms with E-state index in [0.717, 1.165) is 19.3 Å². The highest BCUT2D eigenvalue weighted by Gasteiger charge is 2.18. The summed E-state index contributed by atoms with van der Waals surface area (Å²) < 4.78 is 0. The van der Waals surface area contributed by atoms with Crippen LogP contribution in [-0.2, 0) is 14.4 Å². The molecule has 0 aromatic carbocycles. The first-order valence-electron chi connectivity index (χ1n) is 5.48. The van der Waals surface area contributed by atoms with Crippen molar-refractivity contribution >= 4 is 18.2 Å². The quantitative estimate of drug-likeness (QED) is 0.607. The number of carbonyl (C=O) groups excluding carboxylic acids is 2. The van der Waals surface area contributed by atoms with Crippen molar-refractivity contribution in [1.29, 1.82) is 0 Å². The van der Waals surface area contributed by atoms with Gasteiger partial charge >= 0.3 is 5.97 Å². The lowest BCUT2D eigenvalue weighted by Gasteiger charge is -2.15. The molecule has 1 unspecified atom stereocenters. The molecule has 0 aromatic rings. The van der Waals surface area contributed by atoms with Crippen LogP contribution in [0, 0.1) is 5.92 Å². The Morgan fingerprint density at radius 1 is 1.44 bits per heavy atom. The number of unbranched alkanes of at least 4 members (excludes halogenated alkanes) is 1. The van der Waals surface area contributed by atoms with Crippen molar-refractivity contribution in [2.45, 2.75) is 45.6 Å². The van der Waals surface area contributed by atoms with Gasteiger partial charge in [0.2, 0.25) is 5.91 Å². The minimum atomic E-state index is -1.10. The Hall–Kier alpha value is -1.39. The van der Waals surface area contributed by atoms with Crippen LogP contribution in [0.5, 0.6) is 0 Å². The maximum Gasteiger partial charge on any atom is 0.305 e. The molecule has 16 heavy (non-hydrogen) atoms. The smallest absolute Gasteiger partial charge is 0.305 e. The predicted molar refractivity (Wildman–Crippen MR) is 58.9 cm³/mol. The van der Waals surface area contributed by atoms with Gasteiger partial charge in [0, 0.05) is 5.92 Å². The van der Waals surface area contributed by atoms with Crippen molar-refractivity contribution in [2.24, 2.45) is 5.92 Å². The Bertz CT molecular complexity index is 252. The molecule has 1 amide bonds. The molecule has 92 valence electrons. The monoisotopic (exact) mass is 229 g/mol. The summed E-state index contributed by atoms with van der Waals surface area (Å²) in [5.74, 6) is -1.54. The molecular formula is C11H19NO4. The van der Waals surface area contributed by atoms with E-state index in [1.165, 1.54) is 0 Å². The van der Waals surface area contributed by atoms with Gasteiger partial charge in [0.05, 0.1) is 12.5 Å². The predicted octanol–water partition coefficient (Wildman–Crippen LogP) is 0.971. The number of rotatable bonds is 8. The van der Waals surface area contributed by atoms with Crippen molar-refractivity contribution < 1.29 is 19.5 Å². The van der Waals surface area contributed by atoms with Gasteiger partial charge in [-0.3, -0.25) is 9.59 Å². The van der Waals surface area contributed by atoms with E-state index >= 15 is 0 Å². The molecule has 0 bridgehead atoms. The van der Waals surface area contributed by atoms with Gasteiger partial charge in [-0.25, -0.2) is 0 Å². The molecule has 5 nitrogen and oxygen atoms in total. The zero-order valence-electron chi connectivity index (χ0n) is 9.73. The van der Waals surface area contributed by atoms with Crippen LogP contribution < -0.4 is 5.32 Å². The molecule has 0 saturated heterocycles. The molecule has 0 fully saturated rings. The summed E-state index contributed by atoms with van der Waals surface area (Å²) in [6, 6.07) is -0.922. The van der Waals surface area contributed by atoms with Crippen molar-refractivity contribution in [1.82, 2.24) is 5.32 Å². The van der Waals surface area contributed by atoms with E-state index in [9.17, 15) is 14.4 Å². The summed E-state index contributed by atoms with van der Waals surface area (Å²) in [5.41, 5.74) is 0. The molecule has 2 N–H and O–H groups in total. The molecule has 0 rings (SSSR count). The number of aldehydes is 1. The molecule has 0 radical (unpaired) electrons. The summed E-state index contributed by atoms with van der Waals surface area (Å²) in [6.45, 7) is 3.80. The van der Waals surface area contributed by atoms with Crippen LogP contribution in [0.4, 0.5) is 0 Å². The Balaban J connectivity index is 4.08. The zero-order valence-corrected chi connectivity index (χ0v) is 9.73. The van der Waals surface area contributed by atoms with Gasteiger partial charge in [-0.2, -0.15) is 0 Å². The van der Waals surface area contributed by atoms with Crippen molar-refractivity contribution in [3.63, 3.8) is 0 Å². The number of nitrogens with one attached hydrogen (secondary N) is 1. The lowest BCUT2D eigenvalue weighted by molar-refractivity contribution is -0.139. The van der Waals surface area contributed by atoms with E-state index in [-0.39, 0.29) is 18.2 Å². The summed E-state index contributed by atoms with van der Waals surface area (Å²) in [7, 11) is 0. The minimum Gasteiger partial charge on any atom is -0.481 e. The molecule has 0 aliphatic heterocycles. The van der Waals surface area contributed by atoms with E-state index in [0.29, 0.717) is 6.29 Å². The number of carboxylic acids is 1. The van der Waals surface area contributed by atoms with Crippen LogP contribution in [0.25, 0.3) is 0 Å². The lowest BCUT2D eigenvalue weighted by Crippen LogP contribution is -2.40. The maximum atomic E-state index is 11.5. The van der Waals surface area contributed by atoms with Gasteiger partial charge in [-0.1, -0.05) is 26.7 Å². The third-order valence-corrected chi connectivity index (χ3v) is 2.32. The molecular weight excluding hydrogens is 210 g/mol. The van der Waals surface area contributed by atoms with Crippen molar-refractivity contribution in [2.75, 3.05) is 0 Å². The van der Waals surface area contributed by atoms with Gasteiger partial charge in [0.25, 0.3) is 0 Å². The van der Waals surface area contributed by atoms with E-state index in [1.54, 1.807) is 6.92 Å². The second kappa shape index (κ2) is 7.84. The molecule has 5 heteroatoms. The summed E-state index contributed by atoms with van der Waals surface area (Å²) >= 11 is 0. The van der Waals surface area contributed by atoms with Crippen LogP contribution in [0.3, 0.4) is 0 Å². The topological polar surface area (TPSA) is 83.5 Å². The average Bonchev–Trinajstić information content (AvgIpc) is 2.23. The zero-order chi connectivity index (χ0) is 12.6. The second-order valence-corrected chi connectivity index (χ2v) is 3.89. The van der Waals surface area contributed by atoms with E-state index in [4.69, 9.17) is 5.11 Å². The minimum absolute atomic E-state index is 0.184. The largest absolute Gasteiger partial charge is 0.481 e. The van der Waals surface area contributed by atoms with E-state index in [1.807, 2.05) is 6.92 Å². The Labute approximate surface area is 95.2 Å². The van der Waals surface area contributed by atoms with Crippen LogP contribution in [0.1, 0.15) is 39.5 Å². The van der Waals surface area contributed by atoms with Crippen LogP contribution in [0.2, 0.25) is 0 Å². The molecule has 0 heterocycles. The first-order valence-corrected chi connectivity index (χ1v) is 5.48. The molecule has 2 atom stereocenters. The number of hydrogen-bond acceptors (Lipinski definition) is 3.